The van der Waals surface area contributed by atoms with Crippen molar-refractivity contribution in [3.8, 4) is 11.1 Å². The maximum Gasteiger partial charge on any atom is 0.135 e. The molecule has 3 heterocycles. The van der Waals surface area contributed by atoms with Crippen molar-refractivity contribution in [2.24, 2.45) is 0 Å². The fourth-order valence-electron chi connectivity index (χ4n) is 9.75. The molecular formula is C54H32N2O. The maximum absolute atomic E-state index is 6.28. The molecule has 0 saturated carbocycles. The Bertz CT molecular complexity index is 3720. The van der Waals surface area contributed by atoms with E-state index in [1.165, 1.54) is 81.5 Å². The Morgan fingerprint density at radius 3 is 1.53 bits per heavy atom. The van der Waals surface area contributed by atoms with Gasteiger partial charge < -0.3 is 13.7 Å². The molecule has 0 atom stereocenters. The van der Waals surface area contributed by atoms with Gasteiger partial charge in [0.25, 0.3) is 0 Å². The number of para-hydroxylation sites is 3. The summed E-state index contributed by atoms with van der Waals surface area (Å²) in [6, 6.07) is 70.9. The van der Waals surface area contributed by atoms with Crippen LogP contribution in [-0.2, 0) is 0 Å². The second-order valence-corrected chi connectivity index (χ2v) is 15.3. The summed E-state index contributed by atoms with van der Waals surface area (Å²) in [4.78, 5) is 2.39. The average molecular weight is 725 g/mol. The summed E-state index contributed by atoms with van der Waals surface area (Å²) in [5.74, 6) is 0. The van der Waals surface area contributed by atoms with E-state index in [-0.39, 0.29) is 0 Å². The van der Waals surface area contributed by atoms with Crippen molar-refractivity contribution in [2.45, 2.75) is 0 Å². The lowest BCUT2D eigenvalue weighted by molar-refractivity contribution is 0.669. The van der Waals surface area contributed by atoms with Crippen LogP contribution in [0.1, 0.15) is 0 Å². The predicted octanol–water partition coefficient (Wildman–Crippen LogP) is 15.3. The van der Waals surface area contributed by atoms with Crippen LogP contribution in [0.2, 0.25) is 0 Å². The van der Waals surface area contributed by atoms with Crippen LogP contribution in [0.4, 0.5) is 17.1 Å². The predicted molar refractivity (Wildman–Crippen MR) is 241 cm³/mol. The fraction of sp³-hybridized carbons (Fsp3) is 0. The highest BCUT2D eigenvalue weighted by molar-refractivity contribution is 6.26. The van der Waals surface area contributed by atoms with Gasteiger partial charge in [0, 0.05) is 49.4 Å². The Hall–Kier alpha value is -7.62. The lowest BCUT2D eigenvalue weighted by Crippen LogP contribution is -2.10. The third kappa shape index (κ3) is 4.31. The standard InChI is InChI=1S/C54H32N2O/c1-2-12-40-38(10-1)39-11-3-4-13-41(39)48-31-36(25-28-42(40)48)55(37-26-29-53-49(32-37)45-15-6-8-19-52(45)57-53)35-23-20-33(21-24-35)34-22-27-44-47-17-9-16-46-43-14-5-7-18-50(43)56(54(46)47)51(44)30-34/h1-32H. The lowest BCUT2D eigenvalue weighted by Gasteiger charge is -2.26. The van der Waals surface area contributed by atoms with Crippen LogP contribution >= 0.6 is 0 Å². The summed E-state index contributed by atoms with van der Waals surface area (Å²) in [6.45, 7) is 0. The molecule has 264 valence electrons. The minimum Gasteiger partial charge on any atom is -0.456 e. The van der Waals surface area contributed by atoms with Crippen molar-refractivity contribution in [3.05, 3.63) is 194 Å². The Kier molecular flexibility index (Phi) is 6.16. The van der Waals surface area contributed by atoms with Gasteiger partial charge in [-0.3, -0.25) is 0 Å². The first-order valence-electron chi connectivity index (χ1n) is 19.6. The number of hydrogen-bond donors (Lipinski definition) is 0. The molecule has 57 heavy (non-hydrogen) atoms. The fourth-order valence-corrected chi connectivity index (χ4v) is 9.75. The zero-order chi connectivity index (χ0) is 37.2. The molecule has 0 aliphatic rings. The van der Waals surface area contributed by atoms with E-state index in [2.05, 4.69) is 191 Å². The van der Waals surface area contributed by atoms with E-state index >= 15 is 0 Å². The normalized spacial score (nSPS) is 12.2. The molecular weight excluding hydrogens is 693 g/mol. The van der Waals surface area contributed by atoms with Gasteiger partial charge in [0.05, 0.1) is 16.6 Å². The van der Waals surface area contributed by atoms with Crippen LogP contribution in [0.25, 0.3) is 103 Å². The first-order chi connectivity index (χ1) is 28.3. The number of benzene rings is 10. The minimum absolute atomic E-state index is 0.887. The smallest absolute Gasteiger partial charge is 0.135 e. The second-order valence-electron chi connectivity index (χ2n) is 15.3. The molecule has 10 aromatic carbocycles. The largest absolute Gasteiger partial charge is 0.456 e. The maximum atomic E-state index is 6.28. The van der Waals surface area contributed by atoms with Crippen LogP contribution in [0.5, 0.6) is 0 Å². The van der Waals surface area contributed by atoms with Crippen molar-refractivity contribution in [2.75, 3.05) is 4.90 Å². The summed E-state index contributed by atoms with van der Waals surface area (Å²) < 4.78 is 8.73. The van der Waals surface area contributed by atoms with E-state index < -0.39 is 0 Å². The van der Waals surface area contributed by atoms with E-state index in [0.717, 1.165) is 39.0 Å². The van der Waals surface area contributed by atoms with Gasteiger partial charge in [-0.25, -0.2) is 0 Å². The minimum atomic E-state index is 0.887. The van der Waals surface area contributed by atoms with Crippen molar-refractivity contribution < 1.29 is 4.42 Å². The molecule has 3 aromatic heterocycles. The summed E-state index contributed by atoms with van der Waals surface area (Å²) in [6.07, 6.45) is 0. The molecule has 0 bridgehead atoms. The molecule has 13 aromatic rings. The molecule has 0 aliphatic heterocycles. The molecule has 0 unspecified atom stereocenters. The van der Waals surface area contributed by atoms with Crippen LogP contribution in [-0.4, -0.2) is 4.40 Å². The highest BCUT2D eigenvalue weighted by Gasteiger charge is 2.20. The van der Waals surface area contributed by atoms with Crippen molar-refractivity contribution in [3.63, 3.8) is 0 Å². The Morgan fingerprint density at radius 1 is 0.298 bits per heavy atom. The molecule has 0 spiro atoms. The van der Waals surface area contributed by atoms with Gasteiger partial charge in [-0.15, -0.1) is 0 Å². The first-order valence-corrected chi connectivity index (χ1v) is 19.6. The second kappa shape index (κ2) is 11.5. The van der Waals surface area contributed by atoms with Gasteiger partial charge >= 0.3 is 0 Å². The van der Waals surface area contributed by atoms with Crippen molar-refractivity contribution >= 4 is 109 Å². The average Bonchev–Trinajstić information content (AvgIpc) is 3.94. The number of rotatable bonds is 4. The summed E-state index contributed by atoms with van der Waals surface area (Å²) in [5.41, 5.74) is 11.2. The highest BCUT2D eigenvalue weighted by Crippen LogP contribution is 2.44. The quantitative estimate of drug-likeness (QED) is 0.169. The number of nitrogens with zero attached hydrogens (tertiary/aromatic N) is 2. The number of anilines is 3. The molecule has 0 N–H and O–H groups in total. The first kappa shape index (κ1) is 30.7. The van der Waals surface area contributed by atoms with Gasteiger partial charge in [0.2, 0.25) is 0 Å². The molecule has 0 aliphatic carbocycles. The van der Waals surface area contributed by atoms with Gasteiger partial charge in [0.15, 0.2) is 0 Å². The molecule has 0 fully saturated rings. The van der Waals surface area contributed by atoms with Gasteiger partial charge in [-0.2, -0.15) is 0 Å². The molecule has 0 radical (unpaired) electrons. The Balaban J connectivity index is 1.00. The monoisotopic (exact) mass is 724 g/mol. The number of aromatic nitrogens is 1. The van der Waals surface area contributed by atoms with E-state index in [9.17, 15) is 0 Å². The van der Waals surface area contributed by atoms with E-state index in [4.69, 9.17) is 4.42 Å². The van der Waals surface area contributed by atoms with Crippen LogP contribution in [0.15, 0.2) is 199 Å². The third-order valence-electron chi connectivity index (χ3n) is 12.3. The number of furan rings is 1. The Labute approximate surface area is 327 Å². The van der Waals surface area contributed by atoms with Crippen LogP contribution < -0.4 is 4.90 Å². The molecule has 0 saturated heterocycles. The molecule has 3 nitrogen and oxygen atoms in total. The summed E-state index contributed by atoms with van der Waals surface area (Å²) in [7, 11) is 0. The summed E-state index contributed by atoms with van der Waals surface area (Å²) in [5, 5.41) is 15.0. The Morgan fingerprint density at radius 2 is 0.789 bits per heavy atom. The molecule has 0 amide bonds. The highest BCUT2D eigenvalue weighted by atomic mass is 16.3. The van der Waals surface area contributed by atoms with E-state index in [1.54, 1.807) is 0 Å². The van der Waals surface area contributed by atoms with Gasteiger partial charge in [-0.1, -0.05) is 133 Å². The van der Waals surface area contributed by atoms with Crippen molar-refractivity contribution in [1.82, 2.24) is 4.40 Å². The number of fused-ring (bicyclic) bond motifs is 15. The van der Waals surface area contributed by atoms with Gasteiger partial charge in [-0.05, 0) is 104 Å². The third-order valence-corrected chi connectivity index (χ3v) is 12.3. The van der Waals surface area contributed by atoms with Gasteiger partial charge in [0.1, 0.15) is 11.2 Å². The zero-order valence-corrected chi connectivity index (χ0v) is 30.8. The van der Waals surface area contributed by atoms with Crippen molar-refractivity contribution in [1.29, 1.82) is 0 Å². The number of hydrogen-bond acceptors (Lipinski definition) is 2. The molecule has 13 rings (SSSR count). The SMILES string of the molecule is c1ccc2c(c1)oc1ccc(N(c3ccc(-c4ccc5c6cccc7c8ccccc8n(c5c4)c76)cc3)c3ccc4c5ccccc5c5ccccc5c4c3)cc12. The molecule has 3 heteroatoms. The lowest BCUT2D eigenvalue weighted by atomic mass is 9.94. The van der Waals surface area contributed by atoms with E-state index in [1.807, 2.05) is 12.1 Å². The topological polar surface area (TPSA) is 20.8 Å². The van der Waals surface area contributed by atoms with Crippen LogP contribution in [0, 0.1) is 0 Å². The summed E-state index contributed by atoms with van der Waals surface area (Å²) >= 11 is 0. The zero-order valence-electron chi connectivity index (χ0n) is 30.8. The van der Waals surface area contributed by atoms with Crippen LogP contribution in [0.3, 0.4) is 0 Å². The van der Waals surface area contributed by atoms with E-state index in [0.29, 0.717) is 0 Å².